The molecule has 1 atom stereocenters. The van der Waals surface area contributed by atoms with Crippen molar-refractivity contribution in [1.82, 2.24) is 5.32 Å². The highest BCUT2D eigenvalue weighted by molar-refractivity contribution is 5.80. The molecule has 1 rings (SSSR count). The van der Waals surface area contributed by atoms with Crippen LogP contribution in [0.4, 0.5) is 4.39 Å². The Balaban J connectivity index is 2.92. The number of carboxylic acid groups (broad SMARTS) is 1. The molecule has 0 aliphatic carbocycles. The molecule has 0 heterocycles. The van der Waals surface area contributed by atoms with Gasteiger partial charge >= 0.3 is 5.97 Å². The minimum atomic E-state index is -1.33. The molecule has 1 aromatic carbocycles. The Hall–Kier alpha value is -2.11. The van der Waals surface area contributed by atoms with Gasteiger partial charge in [0.05, 0.1) is 0 Å². The van der Waals surface area contributed by atoms with Crippen LogP contribution in [0.2, 0.25) is 0 Å². The van der Waals surface area contributed by atoms with Gasteiger partial charge in [-0.15, -0.1) is 0 Å². The van der Waals surface area contributed by atoms with Gasteiger partial charge in [-0.2, -0.15) is 0 Å². The normalized spacial score (nSPS) is 13.3. The Morgan fingerprint density at radius 2 is 2.35 bits per heavy atom. The average molecular weight is 280 g/mol. The quantitative estimate of drug-likeness (QED) is 0.331. The maximum absolute atomic E-state index is 13.3. The van der Waals surface area contributed by atoms with Crippen molar-refractivity contribution >= 4 is 5.97 Å². The van der Waals surface area contributed by atoms with Crippen LogP contribution in [-0.4, -0.2) is 24.2 Å². The predicted octanol–water partition coefficient (Wildman–Crippen LogP) is 2.81. The van der Waals surface area contributed by atoms with E-state index in [-0.39, 0.29) is 13.0 Å². The van der Waals surface area contributed by atoms with E-state index in [4.69, 9.17) is 5.53 Å². The number of benzene rings is 1. The number of hydrogen-bond acceptors (Lipinski definition) is 3. The molecular formula is C13H17FN4O2. The van der Waals surface area contributed by atoms with E-state index in [1.54, 1.807) is 13.0 Å². The molecule has 108 valence electrons. The summed E-state index contributed by atoms with van der Waals surface area (Å²) in [5.74, 6) is -1.54. The summed E-state index contributed by atoms with van der Waals surface area (Å²) in [4.78, 5) is 14.2. The van der Waals surface area contributed by atoms with Crippen LogP contribution in [0, 0.1) is 5.82 Å². The molecule has 2 N–H and O–H groups in total. The lowest BCUT2D eigenvalue weighted by atomic mass is 9.87. The maximum Gasteiger partial charge on any atom is 0.328 e. The van der Waals surface area contributed by atoms with Crippen LogP contribution in [0.25, 0.3) is 10.4 Å². The Labute approximate surface area is 116 Å². The van der Waals surface area contributed by atoms with E-state index in [9.17, 15) is 14.3 Å². The Morgan fingerprint density at radius 3 is 2.90 bits per heavy atom. The molecule has 1 aromatic rings. The summed E-state index contributed by atoms with van der Waals surface area (Å²) in [6, 6.07) is 5.56. The molecule has 0 saturated carbocycles. The van der Waals surface area contributed by atoms with Crippen LogP contribution in [-0.2, 0) is 10.3 Å². The molecule has 0 spiro atoms. The third-order valence-electron chi connectivity index (χ3n) is 3.14. The van der Waals surface area contributed by atoms with Crippen LogP contribution in [0.1, 0.15) is 25.3 Å². The molecule has 0 saturated heterocycles. The molecule has 20 heavy (non-hydrogen) atoms. The van der Waals surface area contributed by atoms with E-state index in [0.717, 1.165) is 0 Å². The van der Waals surface area contributed by atoms with Crippen molar-refractivity contribution in [1.29, 1.82) is 0 Å². The van der Waals surface area contributed by atoms with Gasteiger partial charge < -0.3 is 5.11 Å². The van der Waals surface area contributed by atoms with Crippen LogP contribution < -0.4 is 5.32 Å². The number of nitrogens with one attached hydrogen (secondary N) is 1. The van der Waals surface area contributed by atoms with Crippen LogP contribution in [0.3, 0.4) is 0 Å². The number of carboxylic acids is 1. The Bertz CT molecular complexity index is 517. The molecule has 0 aliphatic heterocycles. The van der Waals surface area contributed by atoms with E-state index in [1.807, 2.05) is 0 Å². The number of nitrogens with zero attached hydrogens (tertiary/aromatic N) is 3. The summed E-state index contributed by atoms with van der Waals surface area (Å²) in [7, 11) is 0. The number of halogens is 1. The van der Waals surface area contributed by atoms with Crippen molar-refractivity contribution in [2.24, 2.45) is 5.11 Å². The Kier molecular flexibility index (Phi) is 5.96. The van der Waals surface area contributed by atoms with Crippen molar-refractivity contribution < 1.29 is 14.3 Å². The highest BCUT2D eigenvalue weighted by Crippen LogP contribution is 2.26. The van der Waals surface area contributed by atoms with Gasteiger partial charge in [0.1, 0.15) is 11.4 Å². The second-order valence-electron chi connectivity index (χ2n) is 4.31. The van der Waals surface area contributed by atoms with E-state index in [0.29, 0.717) is 18.5 Å². The van der Waals surface area contributed by atoms with Gasteiger partial charge in [0.15, 0.2) is 0 Å². The first-order chi connectivity index (χ1) is 9.56. The fourth-order valence-electron chi connectivity index (χ4n) is 2.03. The van der Waals surface area contributed by atoms with Crippen molar-refractivity contribution in [3.05, 3.63) is 46.1 Å². The molecule has 7 heteroatoms. The fourth-order valence-corrected chi connectivity index (χ4v) is 2.03. The first-order valence-corrected chi connectivity index (χ1v) is 6.32. The minimum Gasteiger partial charge on any atom is -0.480 e. The minimum absolute atomic E-state index is 0.271. The zero-order valence-corrected chi connectivity index (χ0v) is 11.2. The first-order valence-electron chi connectivity index (χ1n) is 6.32. The highest BCUT2D eigenvalue weighted by atomic mass is 19.1. The summed E-state index contributed by atoms with van der Waals surface area (Å²) < 4.78 is 13.3. The molecule has 0 bridgehead atoms. The molecule has 0 amide bonds. The van der Waals surface area contributed by atoms with Gasteiger partial charge in [0, 0.05) is 11.5 Å². The third kappa shape index (κ3) is 3.69. The first kappa shape index (κ1) is 15.9. The number of hydrogen-bond donors (Lipinski definition) is 2. The smallest absolute Gasteiger partial charge is 0.328 e. The van der Waals surface area contributed by atoms with Gasteiger partial charge in [-0.25, -0.2) is 9.18 Å². The zero-order valence-electron chi connectivity index (χ0n) is 11.2. The topological polar surface area (TPSA) is 98.1 Å². The molecule has 0 aliphatic rings. The van der Waals surface area contributed by atoms with Gasteiger partial charge in [0.25, 0.3) is 0 Å². The number of carbonyl (C=O) groups is 1. The second-order valence-corrected chi connectivity index (χ2v) is 4.31. The lowest BCUT2D eigenvalue weighted by Gasteiger charge is -2.30. The number of azide groups is 1. The van der Waals surface area contributed by atoms with Crippen molar-refractivity contribution in [3.63, 3.8) is 0 Å². The zero-order chi connectivity index (χ0) is 15.0. The summed E-state index contributed by atoms with van der Waals surface area (Å²) in [5, 5.41) is 15.8. The van der Waals surface area contributed by atoms with E-state index >= 15 is 0 Å². The van der Waals surface area contributed by atoms with Crippen molar-refractivity contribution in [2.45, 2.75) is 25.3 Å². The summed E-state index contributed by atoms with van der Waals surface area (Å²) in [6.45, 7) is 2.36. The van der Waals surface area contributed by atoms with E-state index in [1.165, 1.54) is 18.2 Å². The predicted molar refractivity (Wildman–Crippen MR) is 72.6 cm³/mol. The SMILES string of the molecule is CCC(NCCCN=[N+]=[N-])(C(=O)O)c1cccc(F)c1. The Morgan fingerprint density at radius 1 is 1.60 bits per heavy atom. The molecule has 1 unspecified atom stereocenters. The lowest BCUT2D eigenvalue weighted by molar-refractivity contribution is -0.145. The monoisotopic (exact) mass is 280 g/mol. The van der Waals surface area contributed by atoms with Gasteiger partial charge in [-0.1, -0.05) is 24.2 Å². The lowest BCUT2D eigenvalue weighted by Crippen LogP contribution is -2.49. The van der Waals surface area contributed by atoms with Gasteiger partial charge in [-0.3, -0.25) is 5.32 Å². The average Bonchev–Trinajstić information content (AvgIpc) is 2.43. The second kappa shape index (κ2) is 7.47. The van der Waals surface area contributed by atoms with E-state index in [2.05, 4.69) is 15.3 Å². The molecule has 0 fully saturated rings. The third-order valence-corrected chi connectivity index (χ3v) is 3.14. The standard InChI is InChI=1S/C13H17FN4O2/c1-2-13(12(19)20,16-7-4-8-17-18-15)10-5-3-6-11(14)9-10/h3,5-6,9,16H,2,4,7-8H2,1H3,(H,19,20). The summed E-state index contributed by atoms with van der Waals surface area (Å²) >= 11 is 0. The van der Waals surface area contributed by atoms with Gasteiger partial charge in [0.2, 0.25) is 0 Å². The highest BCUT2D eigenvalue weighted by Gasteiger charge is 2.38. The summed E-state index contributed by atoms with van der Waals surface area (Å²) in [5.41, 5.74) is 7.21. The molecule has 0 aromatic heterocycles. The number of rotatable bonds is 8. The fraction of sp³-hybridized carbons (Fsp3) is 0.462. The molecular weight excluding hydrogens is 263 g/mol. The van der Waals surface area contributed by atoms with Crippen LogP contribution in [0.15, 0.2) is 29.4 Å². The van der Waals surface area contributed by atoms with E-state index < -0.39 is 17.3 Å². The largest absolute Gasteiger partial charge is 0.480 e. The molecule has 6 nitrogen and oxygen atoms in total. The molecule has 0 radical (unpaired) electrons. The van der Waals surface area contributed by atoms with Gasteiger partial charge in [-0.05, 0) is 42.6 Å². The number of aliphatic carboxylic acids is 1. The van der Waals surface area contributed by atoms with Crippen molar-refractivity contribution in [3.8, 4) is 0 Å². The van der Waals surface area contributed by atoms with Crippen LogP contribution in [0.5, 0.6) is 0 Å². The van der Waals surface area contributed by atoms with Crippen molar-refractivity contribution in [2.75, 3.05) is 13.1 Å². The summed E-state index contributed by atoms with van der Waals surface area (Å²) in [6.07, 6.45) is 0.779. The maximum atomic E-state index is 13.3. The van der Waals surface area contributed by atoms with Crippen LogP contribution >= 0.6 is 0 Å².